The lowest BCUT2D eigenvalue weighted by atomic mass is 9.95. The van der Waals surface area contributed by atoms with Crippen LogP contribution in [0.25, 0.3) is 0 Å². The summed E-state index contributed by atoms with van der Waals surface area (Å²) in [7, 11) is 0. The summed E-state index contributed by atoms with van der Waals surface area (Å²) < 4.78 is 53.9. The maximum atomic E-state index is 13.7. The Balaban J connectivity index is 1.95. The first-order valence-corrected chi connectivity index (χ1v) is 8.99. The number of carbonyl (C=O) groups is 1. The number of amides is 1. The molecule has 0 heterocycles. The average Bonchev–Trinajstić information content (AvgIpc) is 2.60. The van der Waals surface area contributed by atoms with Gasteiger partial charge < -0.3 is 5.32 Å². The molecule has 0 aromatic heterocycles. The van der Waals surface area contributed by atoms with Crippen molar-refractivity contribution in [3.63, 3.8) is 0 Å². The van der Waals surface area contributed by atoms with E-state index in [1.165, 1.54) is 0 Å². The summed E-state index contributed by atoms with van der Waals surface area (Å²) in [6.07, 6.45) is 0.647. The first-order valence-electron chi connectivity index (χ1n) is 8.00. The Morgan fingerprint density at radius 1 is 1.04 bits per heavy atom. The molecule has 26 heavy (non-hydrogen) atoms. The molecule has 1 amide bonds. The molecule has 0 bridgehead atoms. The van der Waals surface area contributed by atoms with Crippen LogP contribution in [0, 0.1) is 28.7 Å². The number of nitrogens with one attached hydrogen (secondary N) is 1. The Morgan fingerprint density at radius 3 is 2.19 bits per heavy atom. The molecule has 0 aliphatic heterocycles. The van der Waals surface area contributed by atoms with Crippen molar-refractivity contribution in [2.45, 2.75) is 25.2 Å². The zero-order chi connectivity index (χ0) is 19.3. The van der Waals surface area contributed by atoms with Crippen molar-refractivity contribution in [1.82, 2.24) is 5.32 Å². The third-order valence-corrected chi connectivity index (χ3v) is 5.32. The van der Waals surface area contributed by atoms with Crippen LogP contribution >= 0.6 is 11.8 Å². The Bertz CT molecular complexity index is 755. The lowest BCUT2D eigenvalue weighted by molar-refractivity contribution is -0.128. The Morgan fingerprint density at radius 2 is 1.62 bits per heavy atom. The average molecular weight is 385 g/mol. The summed E-state index contributed by atoms with van der Waals surface area (Å²) in [5.74, 6) is -6.17. The van der Waals surface area contributed by atoms with Gasteiger partial charge in [-0.25, -0.2) is 17.6 Å². The predicted octanol–water partition coefficient (Wildman–Crippen LogP) is 4.72. The first-order chi connectivity index (χ1) is 12.2. The minimum Gasteiger partial charge on any atom is -0.355 e. The smallest absolute Gasteiger partial charge is 0.226 e. The van der Waals surface area contributed by atoms with E-state index in [0.717, 1.165) is 5.56 Å². The fraction of sp³-hybridized carbons (Fsp3) is 0.316. The Hall–Kier alpha value is -2.02. The van der Waals surface area contributed by atoms with E-state index in [1.807, 2.05) is 30.3 Å². The molecular formula is C19H19F4NOS. The van der Waals surface area contributed by atoms with Crippen LogP contribution in [-0.4, -0.2) is 18.2 Å². The van der Waals surface area contributed by atoms with E-state index in [1.54, 1.807) is 13.8 Å². The first kappa shape index (κ1) is 20.3. The summed E-state index contributed by atoms with van der Waals surface area (Å²) >= 11 is 0.576. The quantitative estimate of drug-likeness (QED) is 0.425. The molecule has 1 N–H and O–H groups in total. The number of rotatable bonds is 7. The molecule has 0 atom stereocenters. The Labute approximate surface area is 154 Å². The highest BCUT2D eigenvalue weighted by Gasteiger charge is 2.29. The van der Waals surface area contributed by atoms with E-state index in [2.05, 4.69) is 5.32 Å². The van der Waals surface area contributed by atoms with Gasteiger partial charge in [-0.05, 0) is 12.0 Å². The minimum absolute atomic E-state index is 0.0408. The van der Waals surface area contributed by atoms with Gasteiger partial charge in [0, 0.05) is 18.4 Å². The SMILES string of the molecule is CC(C)(CSc1c(F)c(F)cc(F)c1F)C(=O)NCCc1ccccc1. The molecule has 2 aromatic carbocycles. The standard InChI is InChI=1S/C19H19F4NOS/c1-19(2,18(25)24-9-8-12-6-4-3-5-7-12)11-26-17-15(22)13(20)10-14(21)16(17)23/h3-7,10H,8-9,11H2,1-2H3,(H,24,25). The van der Waals surface area contributed by atoms with Gasteiger partial charge in [0.1, 0.15) is 0 Å². The van der Waals surface area contributed by atoms with Crippen LogP contribution in [0.5, 0.6) is 0 Å². The van der Waals surface area contributed by atoms with E-state index >= 15 is 0 Å². The molecule has 0 aliphatic carbocycles. The largest absolute Gasteiger partial charge is 0.355 e. The van der Waals surface area contributed by atoms with Gasteiger partial charge >= 0.3 is 0 Å². The van der Waals surface area contributed by atoms with Crippen LogP contribution in [0.2, 0.25) is 0 Å². The van der Waals surface area contributed by atoms with Crippen LogP contribution in [0.4, 0.5) is 17.6 Å². The highest BCUT2D eigenvalue weighted by atomic mass is 32.2. The highest BCUT2D eigenvalue weighted by Crippen LogP contribution is 2.33. The maximum absolute atomic E-state index is 13.7. The van der Waals surface area contributed by atoms with Crippen molar-refractivity contribution in [2.24, 2.45) is 5.41 Å². The molecule has 140 valence electrons. The van der Waals surface area contributed by atoms with Gasteiger partial charge in [-0.15, -0.1) is 11.8 Å². The van der Waals surface area contributed by atoms with Crippen LogP contribution in [0.15, 0.2) is 41.3 Å². The summed E-state index contributed by atoms with van der Waals surface area (Å²) in [6.45, 7) is 3.61. The minimum atomic E-state index is -1.46. The van der Waals surface area contributed by atoms with E-state index in [0.29, 0.717) is 24.7 Å². The molecule has 0 radical (unpaired) electrons. The third kappa shape index (κ3) is 5.00. The molecule has 0 unspecified atom stereocenters. The molecule has 2 nitrogen and oxygen atoms in total. The van der Waals surface area contributed by atoms with Crippen LogP contribution in [-0.2, 0) is 11.2 Å². The maximum Gasteiger partial charge on any atom is 0.226 e. The second-order valence-corrected chi connectivity index (χ2v) is 7.45. The molecule has 0 aliphatic rings. The van der Waals surface area contributed by atoms with Gasteiger partial charge in [0.2, 0.25) is 5.91 Å². The van der Waals surface area contributed by atoms with Gasteiger partial charge in [-0.3, -0.25) is 4.79 Å². The molecule has 0 saturated carbocycles. The molecule has 7 heteroatoms. The van der Waals surface area contributed by atoms with E-state index in [-0.39, 0.29) is 17.7 Å². The van der Waals surface area contributed by atoms with Crippen molar-refractivity contribution in [3.05, 3.63) is 65.2 Å². The van der Waals surface area contributed by atoms with E-state index in [4.69, 9.17) is 0 Å². The zero-order valence-electron chi connectivity index (χ0n) is 14.4. The van der Waals surface area contributed by atoms with Crippen LogP contribution in [0.3, 0.4) is 0 Å². The lowest BCUT2D eigenvalue weighted by Crippen LogP contribution is -2.39. The zero-order valence-corrected chi connectivity index (χ0v) is 15.2. The van der Waals surface area contributed by atoms with Crippen molar-refractivity contribution in [1.29, 1.82) is 0 Å². The molecular weight excluding hydrogens is 366 g/mol. The summed E-state index contributed by atoms with van der Waals surface area (Å²) in [4.78, 5) is 11.6. The van der Waals surface area contributed by atoms with Crippen molar-refractivity contribution < 1.29 is 22.4 Å². The second-order valence-electron chi connectivity index (χ2n) is 6.46. The molecule has 0 saturated heterocycles. The topological polar surface area (TPSA) is 29.1 Å². The van der Waals surface area contributed by atoms with Crippen LogP contribution < -0.4 is 5.32 Å². The predicted molar refractivity (Wildman–Crippen MR) is 93.9 cm³/mol. The Kier molecular flexibility index (Phi) is 6.69. The fourth-order valence-corrected chi connectivity index (χ4v) is 3.29. The number of thioether (sulfide) groups is 1. The lowest BCUT2D eigenvalue weighted by Gasteiger charge is -2.23. The van der Waals surface area contributed by atoms with Gasteiger partial charge in [0.25, 0.3) is 0 Å². The van der Waals surface area contributed by atoms with E-state index < -0.39 is 33.6 Å². The summed E-state index contributed by atoms with van der Waals surface area (Å²) in [6, 6.07) is 9.75. The second kappa shape index (κ2) is 8.58. The number of benzene rings is 2. The van der Waals surface area contributed by atoms with E-state index in [9.17, 15) is 22.4 Å². The molecule has 0 fully saturated rings. The van der Waals surface area contributed by atoms with Crippen molar-refractivity contribution in [2.75, 3.05) is 12.3 Å². The van der Waals surface area contributed by atoms with Gasteiger partial charge in [-0.1, -0.05) is 44.2 Å². The van der Waals surface area contributed by atoms with Gasteiger partial charge in [-0.2, -0.15) is 0 Å². The highest BCUT2D eigenvalue weighted by molar-refractivity contribution is 7.99. The molecule has 0 spiro atoms. The number of halogens is 4. The van der Waals surface area contributed by atoms with Crippen molar-refractivity contribution >= 4 is 17.7 Å². The number of hydrogen-bond acceptors (Lipinski definition) is 2. The normalized spacial score (nSPS) is 11.5. The number of carbonyl (C=O) groups excluding carboxylic acids is 1. The van der Waals surface area contributed by atoms with Gasteiger partial charge in [0.05, 0.1) is 10.3 Å². The molecule has 2 rings (SSSR count). The molecule has 2 aromatic rings. The third-order valence-electron chi connectivity index (χ3n) is 3.81. The monoisotopic (exact) mass is 385 g/mol. The fourth-order valence-electron chi connectivity index (χ4n) is 2.20. The van der Waals surface area contributed by atoms with Crippen LogP contribution in [0.1, 0.15) is 19.4 Å². The van der Waals surface area contributed by atoms with Gasteiger partial charge in [0.15, 0.2) is 23.3 Å². The number of hydrogen-bond donors (Lipinski definition) is 1. The summed E-state index contributed by atoms with van der Waals surface area (Å²) in [5.41, 5.74) is 0.0857. The van der Waals surface area contributed by atoms with Crippen molar-refractivity contribution in [3.8, 4) is 0 Å². The summed E-state index contributed by atoms with van der Waals surface area (Å²) in [5, 5.41) is 2.77.